The van der Waals surface area contributed by atoms with Gasteiger partial charge in [-0.15, -0.1) is 0 Å². The van der Waals surface area contributed by atoms with E-state index in [9.17, 15) is 9.18 Å². The van der Waals surface area contributed by atoms with Gasteiger partial charge < -0.3 is 10.6 Å². The quantitative estimate of drug-likeness (QED) is 0.841. The average Bonchev–Trinajstić information content (AvgIpc) is 2.32. The first-order valence-electron chi connectivity index (χ1n) is 6.05. The molecule has 0 radical (unpaired) electrons. The van der Waals surface area contributed by atoms with Gasteiger partial charge in [-0.3, -0.25) is 4.79 Å². The predicted octanol–water partition coefficient (Wildman–Crippen LogP) is 2.00. The summed E-state index contributed by atoms with van der Waals surface area (Å²) < 4.78 is 13.3. The van der Waals surface area contributed by atoms with Crippen LogP contribution in [0.4, 0.5) is 4.39 Å². The number of hydrogen-bond acceptors (Lipinski definition) is 2. The van der Waals surface area contributed by atoms with Crippen LogP contribution in [0.5, 0.6) is 0 Å². The van der Waals surface area contributed by atoms with E-state index in [-0.39, 0.29) is 11.7 Å². The normalized spacial score (nSPS) is 11.4. The second-order valence-electron chi connectivity index (χ2n) is 5.15. The summed E-state index contributed by atoms with van der Waals surface area (Å²) in [6.07, 6.45) is 0. The molecule has 1 aromatic rings. The third-order valence-electron chi connectivity index (χ3n) is 2.97. The monoisotopic (exact) mass is 252 g/mol. The minimum atomic E-state index is -0.474. The molecule has 1 amide bonds. The van der Waals surface area contributed by atoms with Crippen LogP contribution in [0, 0.1) is 18.2 Å². The van der Waals surface area contributed by atoms with Crippen LogP contribution in [0.25, 0.3) is 0 Å². The molecule has 0 aromatic heterocycles. The van der Waals surface area contributed by atoms with E-state index in [0.717, 1.165) is 5.56 Å². The first-order valence-corrected chi connectivity index (χ1v) is 6.05. The molecule has 0 atom stereocenters. The summed E-state index contributed by atoms with van der Waals surface area (Å²) >= 11 is 0. The van der Waals surface area contributed by atoms with Crippen LogP contribution in [0.3, 0.4) is 0 Å². The number of rotatable bonds is 5. The van der Waals surface area contributed by atoms with Crippen LogP contribution in [0.15, 0.2) is 18.2 Å². The van der Waals surface area contributed by atoms with E-state index in [1.807, 2.05) is 19.9 Å². The fraction of sp³-hybridized carbons (Fsp3) is 0.500. The molecule has 1 rings (SSSR count). The third-order valence-corrected chi connectivity index (χ3v) is 2.97. The van der Waals surface area contributed by atoms with Gasteiger partial charge in [0.25, 0.3) is 0 Å². The minimum Gasteiger partial charge on any atom is -0.359 e. The summed E-state index contributed by atoms with van der Waals surface area (Å²) in [7, 11) is 1.62. The maximum atomic E-state index is 13.3. The van der Waals surface area contributed by atoms with E-state index in [1.165, 1.54) is 6.07 Å². The van der Waals surface area contributed by atoms with E-state index >= 15 is 0 Å². The standard InChI is InChI=1S/C14H21FN2O/c1-10-5-6-11(7-12(10)15)8-17-9-14(2,3)13(18)16-4/h5-7,17H,8-9H2,1-4H3,(H,16,18). The summed E-state index contributed by atoms with van der Waals surface area (Å²) in [6.45, 7) is 6.57. The average molecular weight is 252 g/mol. The van der Waals surface area contributed by atoms with Gasteiger partial charge in [0.2, 0.25) is 5.91 Å². The number of halogens is 1. The Labute approximate surface area is 108 Å². The topological polar surface area (TPSA) is 41.1 Å². The zero-order chi connectivity index (χ0) is 13.8. The molecule has 0 spiro atoms. The summed E-state index contributed by atoms with van der Waals surface area (Å²) in [4.78, 5) is 11.6. The molecule has 0 aliphatic carbocycles. The minimum absolute atomic E-state index is 0.00918. The van der Waals surface area contributed by atoms with Gasteiger partial charge in [-0.05, 0) is 38.0 Å². The van der Waals surface area contributed by atoms with Gasteiger partial charge >= 0.3 is 0 Å². The van der Waals surface area contributed by atoms with Gasteiger partial charge in [-0.1, -0.05) is 12.1 Å². The Kier molecular flexibility index (Phi) is 4.84. The highest BCUT2D eigenvalue weighted by Gasteiger charge is 2.25. The molecule has 2 N–H and O–H groups in total. The van der Waals surface area contributed by atoms with Crippen molar-refractivity contribution >= 4 is 5.91 Å². The molecule has 0 heterocycles. The Bertz CT molecular complexity index is 430. The molecule has 4 heteroatoms. The predicted molar refractivity (Wildman–Crippen MR) is 70.7 cm³/mol. The maximum Gasteiger partial charge on any atom is 0.226 e. The highest BCUT2D eigenvalue weighted by molar-refractivity contribution is 5.81. The molecule has 3 nitrogen and oxygen atoms in total. The van der Waals surface area contributed by atoms with E-state index in [0.29, 0.717) is 18.7 Å². The number of carbonyl (C=O) groups is 1. The summed E-state index contributed by atoms with van der Waals surface area (Å²) in [5, 5.41) is 5.81. The molecule has 18 heavy (non-hydrogen) atoms. The van der Waals surface area contributed by atoms with Crippen molar-refractivity contribution in [2.75, 3.05) is 13.6 Å². The van der Waals surface area contributed by atoms with Crippen LogP contribution in [0.1, 0.15) is 25.0 Å². The molecule has 100 valence electrons. The third kappa shape index (κ3) is 3.81. The number of nitrogens with one attached hydrogen (secondary N) is 2. The first-order chi connectivity index (χ1) is 8.36. The fourth-order valence-corrected chi connectivity index (χ4v) is 1.68. The smallest absolute Gasteiger partial charge is 0.226 e. The van der Waals surface area contributed by atoms with Crippen molar-refractivity contribution in [2.45, 2.75) is 27.3 Å². The van der Waals surface area contributed by atoms with Gasteiger partial charge in [0.05, 0.1) is 5.41 Å². The number of amides is 1. The lowest BCUT2D eigenvalue weighted by atomic mass is 9.92. The van der Waals surface area contributed by atoms with Crippen LogP contribution in [-0.4, -0.2) is 19.5 Å². The van der Waals surface area contributed by atoms with Crippen LogP contribution >= 0.6 is 0 Å². The van der Waals surface area contributed by atoms with Gasteiger partial charge in [0.15, 0.2) is 0 Å². The summed E-state index contributed by atoms with van der Waals surface area (Å²) in [6, 6.07) is 5.17. The highest BCUT2D eigenvalue weighted by Crippen LogP contribution is 2.14. The molecule has 0 saturated carbocycles. The maximum absolute atomic E-state index is 13.3. The Morgan fingerprint density at radius 2 is 2.06 bits per heavy atom. The molecule has 0 unspecified atom stereocenters. The Morgan fingerprint density at radius 3 is 2.61 bits per heavy atom. The number of benzene rings is 1. The molecule has 0 aliphatic heterocycles. The van der Waals surface area contributed by atoms with Crippen molar-refractivity contribution in [3.63, 3.8) is 0 Å². The van der Waals surface area contributed by atoms with E-state index in [2.05, 4.69) is 10.6 Å². The largest absolute Gasteiger partial charge is 0.359 e. The summed E-state index contributed by atoms with van der Waals surface area (Å²) in [5.74, 6) is -0.204. The molecular weight excluding hydrogens is 231 g/mol. The molecule has 0 bridgehead atoms. The lowest BCUT2D eigenvalue weighted by molar-refractivity contribution is -0.128. The molecule has 0 aliphatic rings. The molecular formula is C14H21FN2O. The van der Waals surface area contributed by atoms with Gasteiger partial charge in [0, 0.05) is 20.1 Å². The fourth-order valence-electron chi connectivity index (χ4n) is 1.68. The molecule has 1 aromatic carbocycles. The molecule has 0 saturated heterocycles. The van der Waals surface area contributed by atoms with Crippen molar-refractivity contribution < 1.29 is 9.18 Å². The van der Waals surface area contributed by atoms with Gasteiger partial charge in [-0.2, -0.15) is 0 Å². The zero-order valence-electron chi connectivity index (χ0n) is 11.4. The van der Waals surface area contributed by atoms with E-state index in [1.54, 1.807) is 20.0 Å². The Morgan fingerprint density at radius 1 is 1.39 bits per heavy atom. The molecule has 0 fully saturated rings. The Balaban J connectivity index is 2.51. The van der Waals surface area contributed by atoms with Crippen molar-refractivity contribution in [3.8, 4) is 0 Å². The lowest BCUT2D eigenvalue weighted by Gasteiger charge is -2.23. The SMILES string of the molecule is CNC(=O)C(C)(C)CNCc1ccc(C)c(F)c1. The summed E-state index contributed by atoms with van der Waals surface area (Å²) in [5.41, 5.74) is 1.05. The van der Waals surface area contributed by atoms with Gasteiger partial charge in [-0.25, -0.2) is 4.39 Å². The number of hydrogen-bond donors (Lipinski definition) is 2. The Hall–Kier alpha value is -1.42. The van der Waals surface area contributed by atoms with E-state index in [4.69, 9.17) is 0 Å². The van der Waals surface area contributed by atoms with Crippen LogP contribution < -0.4 is 10.6 Å². The van der Waals surface area contributed by atoms with E-state index < -0.39 is 5.41 Å². The zero-order valence-corrected chi connectivity index (χ0v) is 11.4. The van der Waals surface area contributed by atoms with Crippen LogP contribution in [-0.2, 0) is 11.3 Å². The second kappa shape index (κ2) is 5.96. The van der Waals surface area contributed by atoms with Crippen molar-refractivity contribution in [2.24, 2.45) is 5.41 Å². The van der Waals surface area contributed by atoms with Crippen molar-refractivity contribution in [1.82, 2.24) is 10.6 Å². The second-order valence-corrected chi connectivity index (χ2v) is 5.15. The lowest BCUT2D eigenvalue weighted by Crippen LogP contribution is -2.41. The van der Waals surface area contributed by atoms with Crippen LogP contribution in [0.2, 0.25) is 0 Å². The number of aryl methyl sites for hydroxylation is 1. The highest BCUT2D eigenvalue weighted by atomic mass is 19.1. The van der Waals surface area contributed by atoms with Crippen molar-refractivity contribution in [1.29, 1.82) is 0 Å². The first kappa shape index (κ1) is 14.6. The number of carbonyl (C=O) groups excluding carboxylic acids is 1. The van der Waals surface area contributed by atoms with Gasteiger partial charge in [0.1, 0.15) is 5.82 Å². The van der Waals surface area contributed by atoms with Crippen molar-refractivity contribution in [3.05, 3.63) is 35.1 Å².